The van der Waals surface area contributed by atoms with Crippen molar-refractivity contribution in [3.63, 3.8) is 0 Å². The standard InChI is InChI=1S/C17H20O3/c1-3-14-6-4-5-7-17(14)20-12-15-10-13(11-18)8-9-16(15)19-2/h4-10,18H,3,11-12H2,1-2H3. The van der Waals surface area contributed by atoms with E-state index < -0.39 is 0 Å². The quantitative estimate of drug-likeness (QED) is 0.876. The first kappa shape index (κ1) is 14.4. The van der Waals surface area contributed by atoms with Gasteiger partial charge >= 0.3 is 0 Å². The van der Waals surface area contributed by atoms with Gasteiger partial charge in [0.15, 0.2) is 0 Å². The number of aliphatic hydroxyl groups is 1. The van der Waals surface area contributed by atoms with E-state index in [4.69, 9.17) is 9.47 Å². The summed E-state index contributed by atoms with van der Waals surface area (Å²) in [6, 6.07) is 13.6. The van der Waals surface area contributed by atoms with Crippen LogP contribution < -0.4 is 9.47 Å². The average molecular weight is 272 g/mol. The Kier molecular flexibility index (Phi) is 5.02. The van der Waals surface area contributed by atoms with Gasteiger partial charge in [-0.3, -0.25) is 0 Å². The summed E-state index contributed by atoms with van der Waals surface area (Å²) >= 11 is 0. The molecule has 20 heavy (non-hydrogen) atoms. The molecular formula is C17H20O3. The summed E-state index contributed by atoms with van der Waals surface area (Å²) in [4.78, 5) is 0. The maximum absolute atomic E-state index is 9.21. The third-order valence-electron chi connectivity index (χ3n) is 3.26. The highest BCUT2D eigenvalue weighted by Crippen LogP contribution is 2.24. The van der Waals surface area contributed by atoms with Gasteiger partial charge in [0, 0.05) is 5.56 Å². The minimum absolute atomic E-state index is 0.0164. The summed E-state index contributed by atoms with van der Waals surface area (Å²) in [5.74, 6) is 1.67. The number of rotatable bonds is 6. The van der Waals surface area contributed by atoms with Crippen LogP contribution in [0.4, 0.5) is 0 Å². The molecule has 3 nitrogen and oxygen atoms in total. The Morgan fingerprint density at radius 1 is 1.00 bits per heavy atom. The topological polar surface area (TPSA) is 38.7 Å². The average Bonchev–Trinajstić information content (AvgIpc) is 2.52. The van der Waals surface area contributed by atoms with Crippen LogP contribution in [0.2, 0.25) is 0 Å². The largest absolute Gasteiger partial charge is 0.496 e. The highest BCUT2D eigenvalue weighted by molar-refractivity contribution is 5.38. The molecule has 0 aliphatic carbocycles. The lowest BCUT2D eigenvalue weighted by Crippen LogP contribution is -2.01. The molecule has 1 N–H and O–H groups in total. The number of aryl methyl sites for hydroxylation is 1. The number of para-hydroxylation sites is 1. The Morgan fingerprint density at radius 2 is 1.80 bits per heavy atom. The Hall–Kier alpha value is -2.00. The van der Waals surface area contributed by atoms with Crippen LogP contribution >= 0.6 is 0 Å². The van der Waals surface area contributed by atoms with Crippen LogP contribution in [0, 0.1) is 0 Å². The number of hydrogen-bond acceptors (Lipinski definition) is 3. The number of benzene rings is 2. The summed E-state index contributed by atoms with van der Waals surface area (Å²) in [6.07, 6.45) is 0.935. The number of ether oxygens (including phenoxy) is 2. The zero-order valence-corrected chi connectivity index (χ0v) is 11.9. The number of hydrogen-bond donors (Lipinski definition) is 1. The summed E-state index contributed by atoms with van der Waals surface area (Å²) in [7, 11) is 1.64. The molecule has 0 atom stereocenters. The second-order valence-electron chi connectivity index (χ2n) is 4.55. The van der Waals surface area contributed by atoms with Gasteiger partial charge in [-0.05, 0) is 35.7 Å². The Bertz CT molecular complexity index is 564. The van der Waals surface area contributed by atoms with Crippen LogP contribution in [0.25, 0.3) is 0 Å². The third-order valence-corrected chi connectivity index (χ3v) is 3.26. The molecular weight excluding hydrogens is 252 g/mol. The van der Waals surface area contributed by atoms with Gasteiger partial charge in [-0.25, -0.2) is 0 Å². The molecule has 0 aliphatic heterocycles. The SMILES string of the molecule is CCc1ccccc1OCc1cc(CO)ccc1OC. The molecule has 0 amide bonds. The van der Waals surface area contributed by atoms with E-state index in [0.717, 1.165) is 29.0 Å². The maximum atomic E-state index is 9.21. The van der Waals surface area contributed by atoms with Crippen molar-refractivity contribution in [1.82, 2.24) is 0 Å². The van der Waals surface area contributed by atoms with E-state index in [1.807, 2.05) is 36.4 Å². The fourth-order valence-corrected chi connectivity index (χ4v) is 2.14. The zero-order chi connectivity index (χ0) is 14.4. The molecule has 2 aromatic carbocycles. The molecule has 106 valence electrons. The van der Waals surface area contributed by atoms with Gasteiger partial charge in [-0.2, -0.15) is 0 Å². The van der Waals surface area contributed by atoms with Crippen molar-refractivity contribution in [3.05, 3.63) is 59.2 Å². The van der Waals surface area contributed by atoms with Gasteiger partial charge in [0.05, 0.1) is 13.7 Å². The predicted molar refractivity (Wildman–Crippen MR) is 79.1 cm³/mol. The molecule has 0 aromatic heterocycles. The Morgan fingerprint density at radius 3 is 2.50 bits per heavy atom. The number of aliphatic hydroxyl groups excluding tert-OH is 1. The minimum atomic E-state index is 0.0164. The Balaban J connectivity index is 2.17. The molecule has 0 unspecified atom stereocenters. The van der Waals surface area contributed by atoms with Crippen molar-refractivity contribution < 1.29 is 14.6 Å². The van der Waals surface area contributed by atoms with Crippen LogP contribution in [0.5, 0.6) is 11.5 Å². The first-order valence-corrected chi connectivity index (χ1v) is 6.75. The van der Waals surface area contributed by atoms with Gasteiger partial charge in [0.1, 0.15) is 18.1 Å². The van der Waals surface area contributed by atoms with E-state index in [1.54, 1.807) is 7.11 Å². The fraction of sp³-hybridized carbons (Fsp3) is 0.294. The van der Waals surface area contributed by atoms with Crippen molar-refractivity contribution in [2.75, 3.05) is 7.11 Å². The molecule has 2 rings (SSSR count). The molecule has 0 fully saturated rings. The van der Waals surface area contributed by atoms with Crippen LogP contribution in [0.15, 0.2) is 42.5 Å². The first-order chi connectivity index (χ1) is 9.78. The van der Waals surface area contributed by atoms with Crippen LogP contribution in [0.3, 0.4) is 0 Å². The summed E-state index contributed by atoms with van der Waals surface area (Å²) < 4.78 is 11.2. The molecule has 0 heterocycles. The molecule has 0 saturated carbocycles. The van der Waals surface area contributed by atoms with E-state index >= 15 is 0 Å². The van der Waals surface area contributed by atoms with E-state index in [2.05, 4.69) is 13.0 Å². The molecule has 0 saturated heterocycles. The van der Waals surface area contributed by atoms with Crippen LogP contribution in [-0.4, -0.2) is 12.2 Å². The van der Waals surface area contributed by atoms with Crippen molar-refractivity contribution in [1.29, 1.82) is 0 Å². The van der Waals surface area contributed by atoms with Gasteiger partial charge in [-0.15, -0.1) is 0 Å². The summed E-state index contributed by atoms with van der Waals surface area (Å²) in [6.45, 7) is 2.55. The second kappa shape index (κ2) is 6.96. The van der Waals surface area contributed by atoms with Crippen molar-refractivity contribution in [2.45, 2.75) is 26.6 Å². The summed E-state index contributed by atoms with van der Waals surface area (Å²) in [5.41, 5.74) is 2.97. The fourth-order valence-electron chi connectivity index (χ4n) is 2.14. The lowest BCUT2D eigenvalue weighted by molar-refractivity contribution is 0.278. The lowest BCUT2D eigenvalue weighted by Gasteiger charge is -2.13. The first-order valence-electron chi connectivity index (χ1n) is 6.75. The van der Waals surface area contributed by atoms with Crippen molar-refractivity contribution in [2.24, 2.45) is 0 Å². The highest BCUT2D eigenvalue weighted by atomic mass is 16.5. The Labute approximate surface area is 119 Å². The third kappa shape index (κ3) is 3.31. The molecule has 3 heteroatoms. The van der Waals surface area contributed by atoms with Gasteiger partial charge in [0.25, 0.3) is 0 Å². The predicted octanol–water partition coefficient (Wildman–Crippen LogP) is 3.33. The van der Waals surface area contributed by atoms with E-state index in [1.165, 1.54) is 5.56 Å². The smallest absolute Gasteiger partial charge is 0.125 e. The maximum Gasteiger partial charge on any atom is 0.125 e. The zero-order valence-electron chi connectivity index (χ0n) is 11.9. The molecule has 0 radical (unpaired) electrons. The van der Waals surface area contributed by atoms with Crippen LogP contribution in [-0.2, 0) is 19.6 Å². The van der Waals surface area contributed by atoms with E-state index in [-0.39, 0.29) is 6.61 Å². The van der Waals surface area contributed by atoms with Gasteiger partial charge in [0.2, 0.25) is 0 Å². The minimum Gasteiger partial charge on any atom is -0.496 e. The van der Waals surface area contributed by atoms with Gasteiger partial charge in [-0.1, -0.05) is 31.2 Å². The monoisotopic (exact) mass is 272 g/mol. The molecule has 2 aromatic rings. The molecule has 0 bridgehead atoms. The van der Waals surface area contributed by atoms with Crippen molar-refractivity contribution in [3.8, 4) is 11.5 Å². The number of methoxy groups -OCH3 is 1. The second-order valence-corrected chi connectivity index (χ2v) is 4.55. The normalized spacial score (nSPS) is 10.3. The molecule has 0 aliphatic rings. The lowest BCUT2D eigenvalue weighted by atomic mass is 10.1. The van der Waals surface area contributed by atoms with Gasteiger partial charge < -0.3 is 14.6 Å². The summed E-state index contributed by atoms with van der Waals surface area (Å²) in [5, 5.41) is 9.21. The highest BCUT2D eigenvalue weighted by Gasteiger charge is 2.07. The van der Waals surface area contributed by atoms with E-state index in [9.17, 15) is 5.11 Å². The van der Waals surface area contributed by atoms with Crippen molar-refractivity contribution >= 4 is 0 Å². The van der Waals surface area contributed by atoms with Crippen LogP contribution in [0.1, 0.15) is 23.6 Å². The molecule has 0 spiro atoms. The van der Waals surface area contributed by atoms with E-state index in [0.29, 0.717) is 6.61 Å².